The van der Waals surface area contributed by atoms with Crippen LogP contribution in [0.25, 0.3) is 5.65 Å². The summed E-state index contributed by atoms with van der Waals surface area (Å²) in [5.41, 5.74) is 8.17. The van der Waals surface area contributed by atoms with Crippen LogP contribution < -0.4 is 10.5 Å². The molecule has 0 aliphatic heterocycles. The molecule has 2 aromatic heterocycles. The summed E-state index contributed by atoms with van der Waals surface area (Å²) in [5, 5.41) is 4.55. The van der Waals surface area contributed by atoms with E-state index in [2.05, 4.69) is 10.1 Å². The van der Waals surface area contributed by atoms with Crippen molar-refractivity contribution in [1.29, 1.82) is 0 Å². The van der Waals surface area contributed by atoms with Gasteiger partial charge < -0.3 is 19.7 Å². The zero-order valence-electron chi connectivity index (χ0n) is 12.4. The van der Waals surface area contributed by atoms with Gasteiger partial charge in [-0.1, -0.05) is 16.8 Å². The number of nitrogens with two attached hydrogens (primary N) is 1. The molecule has 1 aromatic carbocycles. The third kappa shape index (κ3) is 3.54. The van der Waals surface area contributed by atoms with E-state index in [4.69, 9.17) is 26.9 Å². The topological polar surface area (TPSA) is 74.1 Å². The molecule has 0 unspecified atom stereocenters. The molecule has 2 N–H and O–H groups in total. The van der Waals surface area contributed by atoms with Gasteiger partial charge in [-0.3, -0.25) is 0 Å². The van der Waals surface area contributed by atoms with E-state index < -0.39 is 0 Å². The molecule has 0 fully saturated rings. The molecule has 23 heavy (non-hydrogen) atoms. The van der Waals surface area contributed by atoms with Crippen molar-refractivity contribution < 1.29 is 9.57 Å². The van der Waals surface area contributed by atoms with Crippen molar-refractivity contribution in [1.82, 2.24) is 9.38 Å². The van der Waals surface area contributed by atoms with Gasteiger partial charge in [-0.05, 0) is 36.4 Å². The van der Waals surface area contributed by atoms with E-state index in [-0.39, 0.29) is 6.61 Å². The average Bonchev–Trinajstić information content (AvgIpc) is 2.96. The Kier molecular flexibility index (Phi) is 4.34. The number of hydrogen-bond acceptors (Lipinski definition) is 4. The fraction of sp³-hybridized carbons (Fsp3) is 0.125. The predicted molar refractivity (Wildman–Crippen MR) is 88.7 cm³/mol. The van der Waals surface area contributed by atoms with E-state index in [0.717, 1.165) is 22.7 Å². The third-order valence-electron chi connectivity index (χ3n) is 3.23. The molecule has 0 amide bonds. The zero-order chi connectivity index (χ0) is 16.2. The summed E-state index contributed by atoms with van der Waals surface area (Å²) in [6, 6.07) is 10.9. The second-order valence-corrected chi connectivity index (χ2v) is 5.26. The second-order valence-electron chi connectivity index (χ2n) is 4.82. The summed E-state index contributed by atoms with van der Waals surface area (Å²) in [5.74, 6) is 1.05. The van der Waals surface area contributed by atoms with Crippen LogP contribution in [0.15, 0.2) is 53.9 Å². The molecule has 118 valence electrons. The maximum Gasteiger partial charge on any atom is 0.170 e. The summed E-state index contributed by atoms with van der Waals surface area (Å²) in [4.78, 5) is 9.67. The monoisotopic (exact) mass is 330 g/mol. The normalized spacial score (nSPS) is 11.7. The lowest BCUT2D eigenvalue weighted by molar-refractivity contribution is 0.128. The number of imidazole rings is 1. The first-order valence-electron chi connectivity index (χ1n) is 6.89. The average molecular weight is 331 g/mol. The number of rotatable bonds is 5. The van der Waals surface area contributed by atoms with Gasteiger partial charge in [-0.15, -0.1) is 0 Å². The van der Waals surface area contributed by atoms with E-state index in [1.165, 1.54) is 0 Å². The number of pyridine rings is 1. The highest BCUT2D eigenvalue weighted by molar-refractivity contribution is 6.30. The van der Waals surface area contributed by atoms with Gasteiger partial charge in [0.05, 0.1) is 17.8 Å². The molecule has 6 nitrogen and oxygen atoms in total. The standard InChI is InChI=1S/C16H15ClN4O2/c1-22-14-5-2-11(3-6-14)16(18)20-23-10-13-9-21-8-12(17)4-7-15(21)19-13/h2-9H,10H2,1H3,(H2,18,20). The van der Waals surface area contributed by atoms with Gasteiger partial charge >= 0.3 is 0 Å². The Morgan fingerprint density at radius 2 is 2.00 bits per heavy atom. The highest BCUT2D eigenvalue weighted by Crippen LogP contribution is 2.13. The summed E-state index contributed by atoms with van der Waals surface area (Å²) >= 11 is 5.94. The number of benzene rings is 1. The fourth-order valence-corrected chi connectivity index (χ4v) is 2.24. The first-order valence-corrected chi connectivity index (χ1v) is 7.26. The Bertz CT molecular complexity index is 843. The second kappa shape index (κ2) is 6.58. The van der Waals surface area contributed by atoms with E-state index in [0.29, 0.717) is 10.9 Å². The maximum atomic E-state index is 5.94. The van der Waals surface area contributed by atoms with E-state index in [1.54, 1.807) is 19.4 Å². The van der Waals surface area contributed by atoms with E-state index in [1.807, 2.05) is 40.9 Å². The van der Waals surface area contributed by atoms with Gasteiger partial charge in [-0.25, -0.2) is 4.98 Å². The molecule has 0 atom stereocenters. The molecular weight excluding hydrogens is 316 g/mol. The number of amidine groups is 1. The Balaban J connectivity index is 1.66. The van der Waals surface area contributed by atoms with Crippen LogP contribution in [0.1, 0.15) is 11.3 Å². The van der Waals surface area contributed by atoms with Crippen molar-refractivity contribution in [3.05, 3.63) is 65.1 Å². The number of halogens is 1. The maximum absolute atomic E-state index is 5.94. The van der Waals surface area contributed by atoms with Crippen molar-refractivity contribution >= 4 is 23.1 Å². The number of oxime groups is 1. The minimum Gasteiger partial charge on any atom is -0.497 e. The number of aromatic nitrogens is 2. The molecule has 0 spiro atoms. The quantitative estimate of drug-likeness (QED) is 0.443. The molecular formula is C16H15ClN4O2. The lowest BCUT2D eigenvalue weighted by Crippen LogP contribution is -2.13. The Labute approximate surface area is 138 Å². The number of methoxy groups -OCH3 is 1. The molecule has 0 aliphatic rings. The van der Waals surface area contributed by atoms with Crippen LogP contribution in [0.2, 0.25) is 5.02 Å². The zero-order valence-corrected chi connectivity index (χ0v) is 13.2. The van der Waals surface area contributed by atoms with Gasteiger partial charge in [0, 0.05) is 18.0 Å². The minimum absolute atomic E-state index is 0.218. The summed E-state index contributed by atoms with van der Waals surface area (Å²) in [7, 11) is 1.61. The SMILES string of the molecule is COc1ccc(/C(N)=N/OCc2cn3cc(Cl)ccc3n2)cc1. The predicted octanol–water partition coefficient (Wildman–Crippen LogP) is 2.83. The minimum atomic E-state index is 0.218. The number of fused-ring (bicyclic) bond motifs is 1. The van der Waals surface area contributed by atoms with E-state index >= 15 is 0 Å². The van der Waals surface area contributed by atoms with Crippen molar-refractivity contribution in [2.75, 3.05) is 7.11 Å². The Morgan fingerprint density at radius 3 is 2.74 bits per heavy atom. The first-order chi connectivity index (χ1) is 11.2. The Morgan fingerprint density at radius 1 is 1.22 bits per heavy atom. The van der Waals surface area contributed by atoms with E-state index in [9.17, 15) is 0 Å². The molecule has 0 radical (unpaired) electrons. The first kappa shape index (κ1) is 15.2. The van der Waals surface area contributed by atoms with Crippen LogP contribution >= 0.6 is 11.6 Å². The molecule has 7 heteroatoms. The fourth-order valence-electron chi connectivity index (χ4n) is 2.07. The van der Waals surface area contributed by atoms with Crippen LogP contribution in [-0.2, 0) is 11.4 Å². The summed E-state index contributed by atoms with van der Waals surface area (Å²) in [6.07, 6.45) is 3.61. The van der Waals surface area contributed by atoms with Gasteiger partial charge in [0.25, 0.3) is 0 Å². The lowest BCUT2D eigenvalue weighted by Gasteiger charge is -2.03. The van der Waals surface area contributed by atoms with Gasteiger partial charge in [0.2, 0.25) is 0 Å². The molecule has 0 aliphatic carbocycles. The highest BCUT2D eigenvalue weighted by Gasteiger charge is 2.04. The van der Waals surface area contributed by atoms with Crippen LogP contribution in [-0.4, -0.2) is 22.3 Å². The summed E-state index contributed by atoms with van der Waals surface area (Å²) in [6.45, 7) is 0.218. The number of nitrogens with zero attached hydrogens (tertiary/aromatic N) is 3. The highest BCUT2D eigenvalue weighted by atomic mass is 35.5. The van der Waals surface area contributed by atoms with Crippen LogP contribution in [0.3, 0.4) is 0 Å². The lowest BCUT2D eigenvalue weighted by atomic mass is 10.2. The van der Waals surface area contributed by atoms with Crippen molar-refractivity contribution in [2.24, 2.45) is 10.9 Å². The van der Waals surface area contributed by atoms with Crippen molar-refractivity contribution in [2.45, 2.75) is 6.61 Å². The number of hydrogen-bond donors (Lipinski definition) is 1. The van der Waals surface area contributed by atoms with Gasteiger partial charge in [0.15, 0.2) is 12.4 Å². The number of ether oxygens (including phenoxy) is 1. The van der Waals surface area contributed by atoms with Crippen LogP contribution in [0.4, 0.5) is 0 Å². The van der Waals surface area contributed by atoms with Crippen molar-refractivity contribution in [3.63, 3.8) is 0 Å². The molecule has 3 rings (SSSR count). The Hall–Kier alpha value is -2.73. The van der Waals surface area contributed by atoms with Crippen molar-refractivity contribution in [3.8, 4) is 5.75 Å². The molecule has 0 saturated heterocycles. The molecule has 0 saturated carbocycles. The third-order valence-corrected chi connectivity index (χ3v) is 3.45. The summed E-state index contributed by atoms with van der Waals surface area (Å²) < 4.78 is 6.92. The van der Waals surface area contributed by atoms with Crippen LogP contribution in [0.5, 0.6) is 5.75 Å². The van der Waals surface area contributed by atoms with Crippen LogP contribution in [0, 0.1) is 0 Å². The molecule has 2 heterocycles. The molecule has 3 aromatic rings. The largest absolute Gasteiger partial charge is 0.497 e. The molecule has 0 bridgehead atoms. The van der Waals surface area contributed by atoms with Gasteiger partial charge in [0.1, 0.15) is 11.4 Å². The van der Waals surface area contributed by atoms with Gasteiger partial charge in [-0.2, -0.15) is 0 Å². The smallest absolute Gasteiger partial charge is 0.170 e.